The van der Waals surface area contributed by atoms with Crippen molar-refractivity contribution in [3.63, 3.8) is 0 Å². The van der Waals surface area contributed by atoms with E-state index in [2.05, 4.69) is 19.2 Å². The number of rotatable bonds is 61. The molecule has 1 aliphatic rings. The van der Waals surface area contributed by atoms with Crippen LogP contribution in [0.5, 0.6) is 0 Å². The van der Waals surface area contributed by atoms with Crippen molar-refractivity contribution in [3.8, 4) is 0 Å². The number of carbonyl (C=O) groups excluding carboxylic acids is 1. The number of hydrogen-bond acceptors (Lipinski definition) is 8. The quantitative estimate of drug-likeness (QED) is 0.0261. The van der Waals surface area contributed by atoms with Gasteiger partial charge < -0.3 is 40.3 Å². The summed E-state index contributed by atoms with van der Waals surface area (Å²) in [5, 5.41) is 54.7. The molecule has 0 aliphatic carbocycles. The Labute approximate surface area is 477 Å². The second-order valence-corrected chi connectivity index (χ2v) is 24.3. The Morgan fingerprint density at radius 2 is 0.714 bits per heavy atom. The Morgan fingerprint density at radius 1 is 0.429 bits per heavy atom. The lowest BCUT2D eigenvalue weighted by molar-refractivity contribution is -0.302. The molecule has 0 aromatic carbocycles. The SMILES string of the molecule is CCCCCCCCCCCCCCCCCCCCCCCCCCCCCCC/C=C/C(O)C(COC1OC(CO)C(O)C(O)C1O)NC(=O)CCCCCCCCCCCCCCCCCCCCCCCCC. The van der Waals surface area contributed by atoms with Gasteiger partial charge in [-0.25, -0.2) is 0 Å². The van der Waals surface area contributed by atoms with Gasteiger partial charge in [-0.15, -0.1) is 0 Å². The molecule has 0 aromatic heterocycles. The number of unbranched alkanes of at least 4 members (excludes halogenated alkanes) is 51. The van der Waals surface area contributed by atoms with Gasteiger partial charge in [-0.3, -0.25) is 4.79 Å². The summed E-state index contributed by atoms with van der Waals surface area (Å²) in [5.41, 5.74) is 0. The highest BCUT2D eigenvalue weighted by atomic mass is 16.7. The lowest BCUT2D eigenvalue weighted by Gasteiger charge is -2.40. The van der Waals surface area contributed by atoms with Crippen molar-refractivity contribution in [1.82, 2.24) is 5.32 Å². The number of carbonyl (C=O) groups is 1. The fourth-order valence-corrected chi connectivity index (χ4v) is 11.5. The van der Waals surface area contributed by atoms with E-state index in [1.807, 2.05) is 6.08 Å². The van der Waals surface area contributed by atoms with Crippen molar-refractivity contribution in [1.29, 1.82) is 0 Å². The Balaban J connectivity index is 2.12. The van der Waals surface area contributed by atoms with E-state index in [-0.39, 0.29) is 12.5 Å². The first-order valence-electron chi connectivity index (χ1n) is 34.4. The highest BCUT2D eigenvalue weighted by Crippen LogP contribution is 2.24. The van der Waals surface area contributed by atoms with Crippen molar-refractivity contribution < 1.29 is 39.8 Å². The number of amides is 1. The lowest BCUT2D eigenvalue weighted by Crippen LogP contribution is -2.60. The topological polar surface area (TPSA) is 149 Å². The van der Waals surface area contributed by atoms with Crippen molar-refractivity contribution in [2.45, 2.75) is 403 Å². The molecule has 0 bridgehead atoms. The van der Waals surface area contributed by atoms with E-state index >= 15 is 0 Å². The summed E-state index contributed by atoms with van der Waals surface area (Å²) in [6.07, 6.45) is 67.5. The van der Waals surface area contributed by atoms with E-state index in [0.29, 0.717) is 6.42 Å². The molecular formula is C68H133NO8. The van der Waals surface area contributed by atoms with Gasteiger partial charge in [0.2, 0.25) is 5.91 Å². The van der Waals surface area contributed by atoms with Crippen LogP contribution in [0.3, 0.4) is 0 Å². The molecule has 458 valence electrons. The molecule has 1 rings (SSSR count). The maximum Gasteiger partial charge on any atom is 0.220 e. The van der Waals surface area contributed by atoms with Crippen LogP contribution < -0.4 is 5.32 Å². The maximum absolute atomic E-state index is 13.1. The third kappa shape index (κ3) is 47.2. The zero-order chi connectivity index (χ0) is 55.8. The summed E-state index contributed by atoms with van der Waals surface area (Å²) in [4.78, 5) is 13.1. The van der Waals surface area contributed by atoms with Crippen LogP contribution >= 0.6 is 0 Å². The first-order valence-corrected chi connectivity index (χ1v) is 34.4. The molecule has 9 nitrogen and oxygen atoms in total. The van der Waals surface area contributed by atoms with E-state index < -0.39 is 49.5 Å². The normalized spacial score (nSPS) is 18.7. The van der Waals surface area contributed by atoms with Crippen molar-refractivity contribution in [2.24, 2.45) is 0 Å². The molecule has 0 radical (unpaired) electrons. The van der Waals surface area contributed by atoms with Gasteiger partial charge in [0.05, 0.1) is 25.4 Å². The van der Waals surface area contributed by atoms with Gasteiger partial charge in [0.25, 0.3) is 0 Å². The third-order valence-electron chi connectivity index (χ3n) is 16.9. The number of hydrogen-bond donors (Lipinski definition) is 6. The van der Waals surface area contributed by atoms with Crippen molar-refractivity contribution >= 4 is 5.91 Å². The van der Waals surface area contributed by atoms with E-state index in [1.54, 1.807) is 6.08 Å². The highest BCUT2D eigenvalue weighted by molar-refractivity contribution is 5.76. The number of allylic oxidation sites excluding steroid dienone is 1. The lowest BCUT2D eigenvalue weighted by atomic mass is 9.99. The number of aliphatic hydroxyl groups excluding tert-OH is 5. The van der Waals surface area contributed by atoms with Gasteiger partial charge in [0.1, 0.15) is 24.4 Å². The summed E-state index contributed by atoms with van der Waals surface area (Å²) in [6.45, 7) is 3.84. The van der Waals surface area contributed by atoms with E-state index in [0.717, 1.165) is 38.5 Å². The van der Waals surface area contributed by atoms with Crippen LogP contribution in [0.15, 0.2) is 12.2 Å². The van der Waals surface area contributed by atoms with Crippen LogP contribution in [0, 0.1) is 0 Å². The average Bonchev–Trinajstić information content (AvgIpc) is 3.43. The van der Waals surface area contributed by atoms with Gasteiger partial charge in [-0.2, -0.15) is 0 Å². The maximum atomic E-state index is 13.1. The zero-order valence-electron chi connectivity index (χ0n) is 51.3. The minimum Gasteiger partial charge on any atom is -0.394 e. The second-order valence-electron chi connectivity index (χ2n) is 24.3. The van der Waals surface area contributed by atoms with Crippen LogP contribution in [-0.2, 0) is 14.3 Å². The largest absolute Gasteiger partial charge is 0.394 e. The molecular weight excluding hydrogens is 959 g/mol. The molecule has 0 spiro atoms. The predicted molar refractivity (Wildman–Crippen MR) is 327 cm³/mol. The Bertz CT molecular complexity index is 1220. The number of aliphatic hydroxyl groups is 5. The van der Waals surface area contributed by atoms with Gasteiger partial charge >= 0.3 is 0 Å². The molecule has 77 heavy (non-hydrogen) atoms. The number of nitrogens with one attached hydrogen (secondary N) is 1. The minimum absolute atomic E-state index is 0.167. The second kappa shape index (κ2) is 58.1. The molecule has 1 heterocycles. The average molecular weight is 1090 g/mol. The molecule has 0 saturated carbocycles. The standard InChI is InChI=1S/C68H133NO8/c1-3-5-7-9-11-13-15-17-19-21-23-25-27-28-29-30-31-32-33-34-36-37-39-41-43-45-47-49-51-53-55-57-62(71)61(60-76-68-67(75)66(74)65(73)63(59-70)77-68)69-64(72)58-56-54-52-50-48-46-44-42-40-38-35-26-24-22-20-18-16-14-12-10-8-6-4-2/h55,57,61-63,65-68,70-71,73-75H,3-54,56,58-60H2,1-2H3,(H,69,72)/b57-55+. The van der Waals surface area contributed by atoms with Crippen LogP contribution in [0.25, 0.3) is 0 Å². The zero-order valence-corrected chi connectivity index (χ0v) is 51.3. The molecule has 0 aromatic rings. The first-order chi connectivity index (χ1) is 37.8. The molecule has 7 unspecified atom stereocenters. The third-order valence-corrected chi connectivity index (χ3v) is 16.9. The van der Waals surface area contributed by atoms with Gasteiger partial charge in [-0.05, 0) is 19.3 Å². The van der Waals surface area contributed by atoms with Gasteiger partial charge in [0.15, 0.2) is 6.29 Å². The molecule has 1 saturated heterocycles. The van der Waals surface area contributed by atoms with E-state index in [9.17, 15) is 30.3 Å². The van der Waals surface area contributed by atoms with Gasteiger partial charge in [0, 0.05) is 6.42 Å². The first kappa shape index (κ1) is 73.9. The molecule has 1 amide bonds. The molecule has 7 atom stereocenters. The number of ether oxygens (including phenoxy) is 2. The molecule has 6 N–H and O–H groups in total. The van der Waals surface area contributed by atoms with Crippen LogP contribution in [0.1, 0.15) is 361 Å². The van der Waals surface area contributed by atoms with E-state index in [1.165, 1.54) is 302 Å². The summed E-state index contributed by atoms with van der Waals surface area (Å²) < 4.78 is 11.3. The summed E-state index contributed by atoms with van der Waals surface area (Å²) in [6, 6.07) is -0.802. The Morgan fingerprint density at radius 3 is 1.01 bits per heavy atom. The highest BCUT2D eigenvalue weighted by Gasteiger charge is 2.44. The van der Waals surface area contributed by atoms with Gasteiger partial charge in [-0.1, -0.05) is 347 Å². The fraction of sp³-hybridized carbons (Fsp3) is 0.956. The summed E-state index contributed by atoms with van der Waals surface area (Å²) >= 11 is 0. The molecule has 1 aliphatic heterocycles. The monoisotopic (exact) mass is 1090 g/mol. The Kier molecular flexibility index (Phi) is 55.8. The minimum atomic E-state index is -1.56. The molecule has 9 heteroatoms. The Hall–Kier alpha value is -1.07. The van der Waals surface area contributed by atoms with Crippen LogP contribution in [0.4, 0.5) is 0 Å². The summed E-state index contributed by atoms with van der Waals surface area (Å²) in [7, 11) is 0. The van der Waals surface area contributed by atoms with Crippen LogP contribution in [0.2, 0.25) is 0 Å². The predicted octanol–water partition coefficient (Wildman–Crippen LogP) is 18.3. The smallest absolute Gasteiger partial charge is 0.220 e. The van der Waals surface area contributed by atoms with Crippen molar-refractivity contribution in [2.75, 3.05) is 13.2 Å². The summed E-state index contributed by atoms with van der Waals surface area (Å²) in [5.74, 6) is -0.167. The van der Waals surface area contributed by atoms with Crippen LogP contribution in [-0.4, -0.2) is 87.5 Å². The molecule has 1 fully saturated rings. The van der Waals surface area contributed by atoms with Crippen molar-refractivity contribution in [3.05, 3.63) is 12.2 Å². The van der Waals surface area contributed by atoms with E-state index in [4.69, 9.17) is 9.47 Å². The fourth-order valence-electron chi connectivity index (χ4n) is 11.5.